The lowest BCUT2D eigenvalue weighted by Gasteiger charge is -2.34. The molecule has 194 valence electrons. The number of halogens is 1. The van der Waals surface area contributed by atoms with E-state index in [0.29, 0.717) is 11.4 Å². The maximum atomic E-state index is 14.0. The Morgan fingerprint density at radius 2 is 1.59 bits per heavy atom. The number of benzene rings is 3. The van der Waals surface area contributed by atoms with Gasteiger partial charge in [0.1, 0.15) is 6.04 Å². The molecule has 0 radical (unpaired) electrons. The summed E-state index contributed by atoms with van der Waals surface area (Å²) in [5.74, 6) is -0.167. The van der Waals surface area contributed by atoms with E-state index < -0.39 is 6.04 Å². The molecular formula is C32H37ClN2O2. The molecule has 1 N–H and O–H groups in total. The van der Waals surface area contributed by atoms with Gasteiger partial charge in [-0.3, -0.25) is 9.59 Å². The van der Waals surface area contributed by atoms with Crippen LogP contribution in [0.3, 0.4) is 0 Å². The van der Waals surface area contributed by atoms with Gasteiger partial charge in [-0.25, -0.2) is 0 Å². The smallest absolute Gasteiger partial charge is 0.243 e. The number of aryl methyl sites for hydroxylation is 2. The minimum atomic E-state index is -0.639. The van der Waals surface area contributed by atoms with Crippen molar-refractivity contribution in [2.45, 2.75) is 77.4 Å². The maximum absolute atomic E-state index is 14.0. The zero-order chi connectivity index (χ0) is 26.2. The topological polar surface area (TPSA) is 49.4 Å². The minimum Gasteiger partial charge on any atom is -0.352 e. The van der Waals surface area contributed by atoms with Gasteiger partial charge in [-0.2, -0.15) is 0 Å². The van der Waals surface area contributed by atoms with Gasteiger partial charge < -0.3 is 10.2 Å². The van der Waals surface area contributed by atoms with E-state index in [9.17, 15) is 9.59 Å². The molecule has 0 bridgehead atoms. The summed E-state index contributed by atoms with van der Waals surface area (Å²) in [4.78, 5) is 29.5. The average molecular weight is 517 g/mol. The SMILES string of the molecule is Cc1ccc(CC(=O)N(Cc2ccccc2Cl)[C@@H](Cc2ccccc2)C(=O)NC2CCCCC2)cc1C. The molecule has 5 heteroatoms. The molecule has 3 aromatic carbocycles. The summed E-state index contributed by atoms with van der Waals surface area (Å²) >= 11 is 6.53. The number of rotatable bonds is 9. The van der Waals surface area contributed by atoms with Crippen LogP contribution in [0.15, 0.2) is 72.8 Å². The number of amides is 2. The second kappa shape index (κ2) is 12.9. The quantitative estimate of drug-likeness (QED) is 0.349. The Labute approximate surface area is 226 Å². The van der Waals surface area contributed by atoms with Crippen molar-refractivity contribution < 1.29 is 9.59 Å². The van der Waals surface area contributed by atoms with Crippen LogP contribution in [0.1, 0.15) is 59.9 Å². The molecule has 0 aliphatic heterocycles. The maximum Gasteiger partial charge on any atom is 0.243 e. The number of hydrogen-bond acceptors (Lipinski definition) is 2. The highest BCUT2D eigenvalue weighted by atomic mass is 35.5. The van der Waals surface area contributed by atoms with Gasteiger partial charge in [0.15, 0.2) is 0 Å². The predicted octanol–water partition coefficient (Wildman–Crippen LogP) is 6.59. The summed E-state index contributed by atoms with van der Waals surface area (Å²) in [6, 6.07) is 23.1. The van der Waals surface area contributed by atoms with Gasteiger partial charge in [0.25, 0.3) is 0 Å². The van der Waals surface area contributed by atoms with Crippen LogP contribution >= 0.6 is 11.6 Å². The third kappa shape index (κ3) is 7.45. The molecule has 1 atom stereocenters. The van der Waals surface area contributed by atoms with Crippen molar-refractivity contribution in [2.75, 3.05) is 0 Å². The second-order valence-corrected chi connectivity index (χ2v) is 10.7. The lowest BCUT2D eigenvalue weighted by atomic mass is 9.94. The number of nitrogens with zero attached hydrogens (tertiary/aromatic N) is 1. The van der Waals surface area contributed by atoms with Gasteiger partial charge in [-0.15, -0.1) is 0 Å². The molecule has 4 nitrogen and oxygen atoms in total. The van der Waals surface area contributed by atoms with Crippen LogP contribution in [0.25, 0.3) is 0 Å². The molecular weight excluding hydrogens is 480 g/mol. The third-order valence-corrected chi connectivity index (χ3v) is 7.82. The minimum absolute atomic E-state index is 0.0806. The Hall–Kier alpha value is -3.11. The summed E-state index contributed by atoms with van der Waals surface area (Å²) in [7, 11) is 0. The summed E-state index contributed by atoms with van der Waals surface area (Å²) in [6.07, 6.45) is 6.13. The van der Waals surface area contributed by atoms with Crippen molar-refractivity contribution in [3.8, 4) is 0 Å². The number of carbonyl (C=O) groups is 2. The second-order valence-electron chi connectivity index (χ2n) is 10.3. The zero-order valence-electron chi connectivity index (χ0n) is 21.9. The van der Waals surface area contributed by atoms with Gasteiger partial charge in [-0.05, 0) is 60.6 Å². The highest BCUT2D eigenvalue weighted by Gasteiger charge is 2.32. The Kier molecular flexibility index (Phi) is 9.40. The zero-order valence-corrected chi connectivity index (χ0v) is 22.6. The van der Waals surface area contributed by atoms with Gasteiger partial charge in [-0.1, -0.05) is 97.6 Å². The number of nitrogens with one attached hydrogen (secondary N) is 1. The monoisotopic (exact) mass is 516 g/mol. The molecule has 1 aliphatic carbocycles. The molecule has 4 rings (SSSR count). The molecule has 0 unspecified atom stereocenters. The van der Waals surface area contributed by atoms with Crippen LogP contribution in [0, 0.1) is 13.8 Å². The Balaban J connectivity index is 1.67. The van der Waals surface area contributed by atoms with Crippen LogP contribution in [0.4, 0.5) is 0 Å². The van der Waals surface area contributed by atoms with Gasteiger partial charge in [0.2, 0.25) is 11.8 Å². The highest BCUT2D eigenvalue weighted by Crippen LogP contribution is 2.23. The number of carbonyl (C=O) groups excluding carboxylic acids is 2. The molecule has 0 heterocycles. The largest absolute Gasteiger partial charge is 0.352 e. The van der Waals surface area contributed by atoms with Crippen LogP contribution in [0.2, 0.25) is 5.02 Å². The summed E-state index contributed by atoms with van der Waals surface area (Å²) < 4.78 is 0. The van der Waals surface area contributed by atoms with Crippen molar-refractivity contribution in [3.05, 3.63) is 106 Å². The first kappa shape index (κ1) is 26.9. The lowest BCUT2D eigenvalue weighted by molar-refractivity contribution is -0.141. The van der Waals surface area contributed by atoms with E-state index in [1.807, 2.05) is 66.7 Å². The van der Waals surface area contributed by atoms with Gasteiger partial charge in [0.05, 0.1) is 6.42 Å². The summed E-state index contributed by atoms with van der Waals surface area (Å²) in [6.45, 7) is 4.40. The first-order chi connectivity index (χ1) is 17.9. The molecule has 2 amide bonds. The fourth-order valence-corrected chi connectivity index (χ4v) is 5.29. The molecule has 3 aromatic rings. The normalized spacial score (nSPS) is 14.7. The van der Waals surface area contributed by atoms with Crippen molar-refractivity contribution in [2.24, 2.45) is 0 Å². The predicted molar refractivity (Wildman–Crippen MR) is 151 cm³/mol. The highest BCUT2D eigenvalue weighted by molar-refractivity contribution is 6.31. The Bertz CT molecular complexity index is 1200. The fraction of sp³-hybridized carbons (Fsp3) is 0.375. The Morgan fingerprint density at radius 3 is 2.30 bits per heavy atom. The van der Waals surface area contributed by atoms with E-state index in [-0.39, 0.29) is 30.8 Å². The van der Waals surface area contributed by atoms with Crippen molar-refractivity contribution >= 4 is 23.4 Å². The van der Waals surface area contributed by atoms with E-state index in [1.54, 1.807) is 4.90 Å². The molecule has 0 aromatic heterocycles. The molecule has 37 heavy (non-hydrogen) atoms. The van der Waals surface area contributed by atoms with E-state index in [2.05, 4.69) is 25.2 Å². The van der Waals surface area contributed by atoms with E-state index >= 15 is 0 Å². The van der Waals surface area contributed by atoms with Crippen LogP contribution < -0.4 is 5.32 Å². The van der Waals surface area contributed by atoms with E-state index in [1.165, 1.54) is 12.0 Å². The van der Waals surface area contributed by atoms with Crippen LogP contribution in [-0.2, 0) is 29.0 Å². The average Bonchev–Trinajstić information content (AvgIpc) is 2.90. The van der Waals surface area contributed by atoms with E-state index in [0.717, 1.165) is 47.9 Å². The first-order valence-electron chi connectivity index (χ1n) is 13.3. The van der Waals surface area contributed by atoms with Crippen LogP contribution in [-0.4, -0.2) is 28.8 Å². The first-order valence-corrected chi connectivity index (χ1v) is 13.7. The third-order valence-electron chi connectivity index (χ3n) is 7.45. The molecule has 0 saturated heterocycles. The van der Waals surface area contributed by atoms with Crippen molar-refractivity contribution in [1.82, 2.24) is 10.2 Å². The van der Waals surface area contributed by atoms with Crippen molar-refractivity contribution in [3.63, 3.8) is 0 Å². The van der Waals surface area contributed by atoms with E-state index in [4.69, 9.17) is 11.6 Å². The summed E-state index contributed by atoms with van der Waals surface area (Å²) in [5, 5.41) is 3.88. The van der Waals surface area contributed by atoms with Crippen LogP contribution in [0.5, 0.6) is 0 Å². The van der Waals surface area contributed by atoms with Gasteiger partial charge in [0, 0.05) is 24.0 Å². The molecule has 0 spiro atoms. The lowest BCUT2D eigenvalue weighted by Crippen LogP contribution is -2.53. The number of hydrogen-bond donors (Lipinski definition) is 1. The summed E-state index contributed by atoms with van der Waals surface area (Å²) in [5.41, 5.74) is 5.15. The standard InChI is InChI=1S/C32H37ClN2O2/c1-23-17-18-26(19-24(23)2)21-31(36)35(22-27-13-9-10-16-29(27)33)30(20-25-11-5-3-6-12-25)32(37)34-28-14-7-4-8-15-28/h3,5-6,9-13,16-19,28,30H,4,7-8,14-15,20-22H2,1-2H3,(H,34,37)/t30-/m0/s1. The van der Waals surface area contributed by atoms with Gasteiger partial charge >= 0.3 is 0 Å². The molecule has 1 aliphatic rings. The fourth-order valence-electron chi connectivity index (χ4n) is 5.10. The molecule has 1 fully saturated rings. The van der Waals surface area contributed by atoms with Crippen molar-refractivity contribution in [1.29, 1.82) is 0 Å². The molecule has 1 saturated carbocycles. The Morgan fingerprint density at radius 1 is 0.892 bits per heavy atom.